The van der Waals surface area contributed by atoms with Gasteiger partial charge in [0, 0.05) is 13.0 Å². The lowest BCUT2D eigenvalue weighted by Gasteiger charge is -2.21. The number of likely N-dealkylation sites (tertiary alicyclic amines) is 1. The maximum atomic E-state index is 11.7. The molecular formula is C12H14N2O6S. The van der Waals surface area contributed by atoms with Gasteiger partial charge in [0.15, 0.2) is 0 Å². The molecule has 1 aliphatic rings. The van der Waals surface area contributed by atoms with E-state index in [0.717, 1.165) is 0 Å². The van der Waals surface area contributed by atoms with Crippen LogP contribution in [-0.4, -0.2) is 40.9 Å². The Morgan fingerprint density at radius 3 is 2.48 bits per heavy atom. The molecule has 1 aromatic carbocycles. The highest BCUT2D eigenvalue weighted by molar-refractivity contribution is 7.87. The van der Waals surface area contributed by atoms with Crippen molar-refractivity contribution in [1.29, 1.82) is 0 Å². The van der Waals surface area contributed by atoms with E-state index in [4.69, 9.17) is 9.66 Å². The minimum absolute atomic E-state index is 0.141. The van der Waals surface area contributed by atoms with Crippen LogP contribution in [0.4, 0.5) is 5.69 Å². The Balaban J connectivity index is 2.09. The third kappa shape index (κ3) is 3.92. The fourth-order valence-corrected chi connectivity index (χ4v) is 2.65. The Kier molecular flexibility index (Phi) is 4.14. The van der Waals surface area contributed by atoms with Gasteiger partial charge in [0.1, 0.15) is 6.04 Å². The number of nitrogens with zero attached hydrogens (tertiary/aromatic N) is 1. The highest BCUT2D eigenvalue weighted by Gasteiger charge is 2.35. The normalized spacial score (nSPS) is 18.8. The van der Waals surface area contributed by atoms with Crippen LogP contribution in [0.25, 0.3) is 0 Å². The van der Waals surface area contributed by atoms with Crippen LogP contribution in [0.15, 0.2) is 24.3 Å². The van der Waals surface area contributed by atoms with Crippen LogP contribution in [0, 0.1) is 0 Å². The van der Waals surface area contributed by atoms with Crippen molar-refractivity contribution in [1.82, 2.24) is 4.90 Å². The minimum Gasteiger partial charge on any atom is -0.480 e. The molecule has 0 radical (unpaired) electrons. The maximum Gasteiger partial charge on any atom is 0.357 e. The van der Waals surface area contributed by atoms with Crippen LogP contribution < -0.4 is 4.72 Å². The fraction of sp³-hybridized carbons (Fsp3) is 0.333. The summed E-state index contributed by atoms with van der Waals surface area (Å²) in [6.07, 6.45) is 0.496. The van der Waals surface area contributed by atoms with Crippen molar-refractivity contribution in [3.8, 4) is 0 Å². The van der Waals surface area contributed by atoms with Gasteiger partial charge in [-0.15, -0.1) is 0 Å². The van der Waals surface area contributed by atoms with Gasteiger partial charge in [-0.1, -0.05) is 12.1 Å². The van der Waals surface area contributed by atoms with Crippen LogP contribution in [0.5, 0.6) is 0 Å². The summed E-state index contributed by atoms with van der Waals surface area (Å²) < 4.78 is 31.8. The van der Waals surface area contributed by atoms with E-state index >= 15 is 0 Å². The monoisotopic (exact) mass is 314 g/mol. The Bertz CT molecular complexity index is 655. The zero-order valence-corrected chi connectivity index (χ0v) is 11.7. The molecule has 1 amide bonds. The van der Waals surface area contributed by atoms with Gasteiger partial charge in [-0.25, -0.2) is 4.79 Å². The van der Waals surface area contributed by atoms with Crippen LogP contribution in [0.3, 0.4) is 0 Å². The molecule has 1 atom stereocenters. The first-order chi connectivity index (χ1) is 9.76. The molecule has 1 aliphatic heterocycles. The number of carbonyl (C=O) groups excluding carboxylic acids is 1. The molecule has 9 heteroatoms. The number of rotatable bonds is 5. The average molecular weight is 314 g/mol. The Hall–Kier alpha value is -2.13. The first-order valence-electron chi connectivity index (χ1n) is 6.13. The molecule has 21 heavy (non-hydrogen) atoms. The average Bonchev–Trinajstić information content (AvgIpc) is 2.72. The summed E-state index contributed by atoms with van der Waals surface area (Å²) in [5.74, 6) is -1.26. The van der Waals surface area contributed by atoms with Crippen molar-refractivity contribution >= 4 is 27.9 Å². The number of carboxylic acids is 1. The van der Waals surface area contributed by atoms with Crippen LogP contribution in [-0.2, 0) is 26.4 Å². The first kappa shape index (κ1) is 15.3. The highest BCUT2D eigenvalue weighted by atomic mass is 32.2. The van der Waals surface area contributed by atoms with Gasteiger partial charge in [-0.2, -0.15) is 8.42 Å². The molecule has 3 N–H and O–H groups in total. The van der Waals surface area contributed by atoms with Gasteiger partial charge < -0.3 is 10.0 Å². The lowest BCUT2D eigenvalue weighted by molar-refractivity contribution is -0.146. The highest BCUT2D eigenvalue weighted by Crippen LogP contribution is 2.22. The van der Waals surface area contributed by atoms with Gasteiger partial charge in [-0.3, -0.25) is 14.1 Å². The lowest BCUT2D eigenvalue weighted by atomic mass is 10.1. The zero-order chi connectivity index (χ0) is 15.6. The molecule has 1 heterocycles. The summed E-state index contributed by atoms with van der Waals surface area (Å²) >= 11 is 0. The van der Waals surface area contributed by atoms with E-state index < -0.39 is 22.3 Å². The molecule has 0 saturated carbocycles. The Labute approximate surface area is 121 Å². The fourth-order valence-electron chi connectivity index (χ4n) is 2.21. The smallest absolute Gasteiger partial charge is 0.357 e. The minimum atomic E-state index is -4.33. The van der Waals surface area contributed by atoms with Crippen molar-refractivity contribution in [2.75, 3.05) is 4.72 Å². The molecule has 0 spiro atoms. The second-order valence-electron chi connectivity index (χ2n) is 4.69. The Morgan fingerprint density at radius 2 is 1.95 bits per heavy atom. The van der Waals surface area contributed by atoms with E-state index in [0.29, 0.717) is 5.56 Å². The number of benzene rings is 1. The molecule has 1 saturated heterocycles. The second kappa shape index (κ2) is 5.70. The van der Waals surface area contributed by atoms with Crippen molar-refractivity contribution in [3.05, 3.63) is 29.8 Å². The van der Waals surface area contributed by atoms with Crippen molar-refractivity contribution < 1.29 is 27.7 Å². The van der Waals surface area contributed by atoms with Crippen molar-refractivity contribution in [2.45, 2.75) is 25.4 Å². The first-order valence-corrected chi connectivity index (χ1v) is 7.57. The van der Waals surface area contributed by atoms with Gasteiger partial charge in [0.05, 0.1) is 5.69 Å². The van der Waals surface area contributed by atoms with Gasteiger partial charge in [0.2, 0.25) is 5.91 Å². The largest absolute Gasteiger partial charge is 0.480 e. The summed E-state index contributed by atoms with van der Waals surface area (Å²) in [5.41, 5.74) is 0.834. The number of hydrogen-bond acceptors (Lipinski definition) is 4. The van der Waals surface area contributed by atoms with E-state index in [1.165, 1.54) is 17.0 Å². The molecule has 0 bridgehead atoms. The SMILES string of the molecule is O=C(O)C1CCC(=O)N1Cc1ccc(NS(=O)(=O)O)cc1. The topological polar surface area (TPSA) is 124 Å². The number of nitrogens with one attached hydrogen (secondary N) is 1. The predicted octanol–water partition coefficient (Wildman–Crippen LogP) is 0.477. The molecule has 1 aromatic rings. The summed E-state index contributed by atoms with van der Waals surface area (Å²) in [7, 11) is -4.33. The van der Waals surface area contributed by atoms with E-state index in [2.05, 4.69) is 0 Å². The molecule has 8 nitrogen and oxygen atoms in total. The van der Waals surface area contributed by atoms with E-state index in [-0.39, 0.29) is 31.0 Å². The van der Waals surface area contributed by atoms with Crippen LogP contribution >= 0.6 is 0 Å². The second-order valence-corrected chi connectivity index (χ2v) is 5.84. The summed E-state index contributed by atoms with van der Waals surface area (Å²) in [4.78, 5) is 24.0. The van der Waals surface area contributed by atoms with E-state index in [1.807, 2.05) is 4.72 Å². The predicted molar refractivity (Wildman–Crippen MR) is 72.8 cm³/mol. The van der Waals surface area contributed by atoms with Gasteiger partial charge in [0.25, 0.3) is 0 Å². The summed E-state index contributed by atoms with van der Waals surface area (Å²) in [6, 6.07) is 5.11. The maximum absolute atomic E-state index is 11.7. The number of carboxylic acid groups (broad SMARTS) is 1. The van der Waals surface area contributed by atoms with E-state index in [9.17, 15) is 18.0 Å². The molecule has 1 fully saturated rings. The molecule has 2 rings (SSSR count). The molecule has 114 valence electrons. The summed E-state index contributed by atoms with van der Waals surface area (Å²) in [5, 5.41) is 9.05. The van der Waals surface area contributed by atoms with Gasteiger partial charge >= 0.3 is 16.3 Å². The molecule has 1 unspecified atom stereocenters. The molecule has 0 aromatic heterocycles. The van der Waals surface area contributed by atoms with Crippen LogP contribution in [0.2, 0.25) is 0 Å². The van der Waals surface area contributed by atoms with Crippen molar-refractivity contribution in [3.63, 3.8) is 0 Å². The molecular weight excluding hydrogens is 300 g/mol. The standard InChI is InChI=1S/C12H14N2O6S/c15-11-6-5-10(12(16)17)14(11)7-8-1-3-9(4-2-8)13-21(18,19)20/h1-4,10,13H,5-7H2,(H,16,17)(H,18,19,20). The van der Waals surface area contributed by atoms with Crippen LogP contribution in [0.1, 0.15) is 18.4 Å². The number of anilines is 1. The number of amides is 1. The Morgan fingerprint density at radius 1 is 1.33 bits per heavy atom. The summed E-state index contributed by atoms with van der Waals surface area (Å²) in [6.45, 7) is 0.141. The van der Waals surface area contributed by atoms with Gasteiger partial charge in [-0.05, 0) is 24.1 Å². The number of carbonyl (C=O) groups is 2. The van der Waals surface area contributed by atoms with E-state index in [1.54, 1.807) is 12.1 Å². The quantitative estimate of drug-likeness (QED) is 0.679. The zero-order valence-electron chi connectivity index (χ0n) is 10.9. The van der Waals surface area contributed by atoms with Crippen molar-refractivity contribution in [2.24, 2.45) is 0 Å². The number of hydrogen-bond donors (Lipinski definition) is 3. The molecule has 0 aliphatic carbocycles. The third-order valence-electron chi connectivity index (χ3n) is 3.17. The third-order valence-corrected chi connectivity index (χ3v) is 3.66. The lowest BCUT2D eigenvalue weighted by Crippen LogP contribution is -2.37. The number of aliphatic carboxylic acids is 1.